The molecular formula is C22H18FN3O2S. The third-order valence-corrected chi connectivity index (χ3v) is 5.40. The third-order valence-electron chi connectivity index (χ3n) is 4.38. The first kappa shape index (κ1) is 19.0. The maximum absolute atomic E-state index is 13.3. The summed E-state index contributed by atoms with van der Waals surface area (Å²) < 4.78 is 18.8. The van der Waals surface area contributed by atoms with E-state index < -0.39 is 11.9 Å². The molecule has 0 spiro atoms. The predicted octanol–water partition coefficient (Wildman–Crippen LogP) is 5.21. The van der Waals surface area contributed by atoms with Crippen molar-refractivity contribution in [2.24, 2.45) is 0 Å². The lowest BCUT2D eigenvalue weighted by Crippen LogP contribution is -2.30. The monoisotopic (exact) mass is 407 g/mol. The Morgan fingerprint density at radius 1 is 1.17 bits per heavy atom. The van der Waals surface area contributed by atoms with Gasteiger partial charge >= 0.3 is 0 Å². The van der Waals surface area contributed by atoms with E-state index in [1.165, 1.54) is 29.5 Å². The summed E-state index contributed by atoms with van der Waals surface area (Å²) in [5.74, 6) is -0.412. The van der Waals surface area contributed by atoms with Crippen LogP contribution in [0.1, 0.15) is 12.5 Å². The molecule has 1 N–H and O–H groups in total. The summed E-state index contributed by atoms with van der Waals surface area (Å²) >= 11 is 1.53. The molecule has 5 nitrogen and oxygen atoms in total. The largest absolute Gasteiger partial charge is 0.481 e. The van der Waals surface area contributed by atoms with Crippen LogP contribution in [0.2, 0.25) is 0 Å². The van der Waals surface area contributed by atoms with E-state index in [0.29, 0.717) is 11.4 Å². The molecule has 0 radical (unpaired) electrons. The number of rotatable bonds is 5. The zero-order valence-corrected chi connectivity index (χ0v) is 16.7. The number of ether oxygens (including phenoxy) is 1. The quantitative estimate of drug-likeness (QED) is 0.493. The number of halogens is 1. The summed E-state index contributed by atoms with van der Waals surface area (Å²) in [5.41, 5.74) is 3.42. The van der Waals surface area contributed by atoms with Crippen LogP contribution in [-0.2, 0) is 4.79 Å². The fourth-order valence-corrected chi connectivity index (χ4v) is 3.77. The molecule has 0 aliphatic rings. The number of pyridine rings is 1. The first-order chi connectivity index (χ1) is 14.0. The van der Waals surface area contributed by atoms with Gasteiger partial charge in [0.05, 0.1) is 0 Å². The maximum Gasteiger partial charge on any atom is 0.265 e. The number of nitrogens with one attached hydrogen (secondary N) is 1. The average Bonchev–Trinajstić information content (AvgIpc) is 3.13. The fourth-order valence-electron chi connectivity index (χ4n) is 2.86. The smallest absolute Gasteiger partial charge is 0.265 e. The molecule has 1 unspecified atom stereocenters. The normalized spacial score (nSPS) is 12.0. The Morgan fingerprint density at radius 2 is 2.03 bits per heavy atom. The molecule has 4 aromatic rings. The van der Waals surface area contributed by atoms with Crippen LogP contribution in [0, 0.1) is 12.7 Å². The molecule has 4 rings (SSSR count). The van der Waals surface area contributed by atoms with Crippen molar-refractivity contribution >= 4 is 33.3 Å². The molecule has 1 atom stereocenters. The van der Waals surface area contributed by atoms with Crippen LogP contribution in [0.4, 0.5) is 10.1 Å². The molecule has 7 heteroatoms. The van der Waals surface area contributed by atoms with E-state index in [-0.39, 0.29) is 5.91 Å². The Hall–Kier alpha value is -3.32. The number of nitrogens with zero attached hydrogens (tertiary/aromatic N) is 2. The lowest BCUT2D eigenvalue weighted by molar-refractivity contribution is -0.122. The van der Waals surface area contributed by atoms with Crippen LogP contribution in [0.5, 0.6) is 5.75 Å². The van der Waals surface area contributed by atoms with Crippen LogP contribution in [0.3, 0.4) is 0 Å². The van der Waals surface area contributed by atoms with Gasteiger partial charge in [-0.1, -0.05) is 17.4 Å². The Kier molecular flexibility index (Phi) is 5.22. The number of carbonyl (C=O) groups excluding carboxylic acids is 1. The molecule has 2 aromatic heterocycles. The zero-order chi connectivity index (χ0) is 20.4. The summed E-state index contributed by atoms with van der Waals surface area (Å²) in [5, 5.41) is 3.74. The number of hydrogen-bond acceptors (Lipinski definition) is 5. The van der Waals surface area contributed by atoms with Crippen molar-refractivity contribution in [3.8, 4) is 16.3 Å². The molecule has 29 heavy (non-hydrogen) atoms. The first-order valence-corrected chi connectivity index (χ1v) is 9.87. The average molecular weight is 407 g/mol. The standard InChI is InChI=1S/C22H18FN3O2S/c1-13-11-15(21-26-19-7-4-10-24-22(19)29-21)8-9-18(13)25-20(27)14(2)28-17-6-3-5-16(23)12-17/h3-12,14H,1-2H3,(H,25,27). The van der Waals surface area contributed by atoms with Crippen molar-refractivity contribution in [1.82, 2.24) is 9.97 Å². The first-order valence-electron chi connectivity index (χ1n) is 9.05. The minimum Gasteiger partial charge on any atom is -0.481 e. The molecular weight excluding hydrogens is 389 g/mol. The summed E-state index contributed by atoms with van der Waals surface area (Å²) in [6, 6.07) is 15.3. The molecule has 0 saturated heterocycles. The lowest BCUT2D eigenvalue weighted by atomic mass is 10.1. The molecule has 0 saturated carbocycles. The van der Waals surface area contributed by atoms with Crippen molar-refractivity contribution in [3.63, 3.8) is 0 Å². The molecule has 2 aromatic carbocycles. The van der Waals surface area contributed by atoms with E-state index in [1.54, 1.807) is 19.2 Å². The van der Waals surface area contributed by atoms with Gasteiger partial charge in [-0.15, -0.1) is 0 Å². The number of carbonyl (C=O) groups is 1. The van der Waals surface area contributed by atoms with E-state index in [4.69, 9.17) is 4.74 Å². The molecule has 0 aliphatic heterocycles. The van der Waals surface area contributed by atoms with Gasteiger partial charge in [0.2, 0.25) is 0 Å². The van der Waals surface area contributed by atoms with E-state index in [0.717, 1.165) is 26.5 Å². The summed E-state index contributed by atoms with van der Waals surface area (Å²) in [4.78, 5) is 22.3. The van der Waals surface area contributed by atoms with Crippen molar-refractivity contribution in [2.45, 2.75) is 20.0 Å². The Balaban J connectivity index is 1.48. The van der Waals surface area contributed by atoms with Crippen LogP contribution in [-0.4, -0.2) is 22.0 Å². The number of amides is 1. The second-order valence-corrected chi connectivity index (χ2v) is 7.56. The van der Waals surface area contributed by atoms with Crippen molar-refractivity contribution in [2.75, 3.05) is 5.32 Å². The minimum atomic E-state index is -0.772. The predicted molar refractivity (Wildman–Crippen MR) is 113 cm³/mol. The van der Waals surface area contributed by atoms with Gasteiger partial charge in [-0.3, -0.25) is 4.79 Å². The highest BCUT2D eigenvalue weighted by Gasteiger charge is 2.17. The second-order valence-electron chi connectivity index (χ2n) is 6.58. The number of thiazole rings is 1. The van der Waals surface area contributed by atoms with Crippen LogP contribution < -0.4 is 10.1 Å². The van der Waals surface area contributed by atoms with Crippen LogP contribution in [0.25, 0.3) is 20.9 Å². The van der Waals surface area contributed by atoms with Crippen molar-refractivity contribution < 1.29 is 13.9 Å². The molecule has 1 amide bonds. The zero-order valence-electron chi connectivity index (χ0n) is 15.8. The lowest BCUT2D eigenvalue weighted by Gasteiger charge is -2.16. The molecule has 2 heterocycles. The summed E-state index contributed by atoms with van der Waals surface area (Å²) in [7, 11) is 0. The van der Waals surface area contributed by atoms with Gasteiger partial charge in [-0.25, -0.2) is 14.4 Å². The summed E-state index contributed by atoms with van der Waals surface area (Å²) in [6.07, 6.45) is 0.979. The van der Waals surface area contributed by atoms with E-state index >= 15 is 0 Å². The van der Waals surface area contributed by atoms with Gasteiger partial charge in [0.1, 0.15) is 26.9 Å². The van der Waals surface area contributed by atoms with Gasteiger partial charge in [-0.05, 0) is 61.9 Å². The number of aromatic nitrogens is 2. The van der Waals surface area contributed by atoms with Gasteiger partial charge in [-0.2, -0.15) is 0 Å². The van der Waals surface area contributed by atoms with Crippen LogP contribution in [0.15, 0.2) is 60.8 Å². The maximum atomic E-state index is 13.3. The van der Waals surface area contributed by atoms with Crippen molar-refractivity contribution in [1.29, 1.82) is 0 Å². The number of aryl methyl sites for hydroxylation is 1. The van der Waals surface area contributed by atoms with Gasteiger partial charge in [0.15, 0.2) is 6.10 Å². The van der Waals surface area contributed by atoms with E-state index in [1.807, 2.05) is 37.3 Å². The van der Waals surface area contributed by atoms with E-state index in [2.05, 4.69) is 15.3 Å². The molecule has 0 aliphatic carbocycles. The number of hydrogen-bond donors (Lipinski definition) is 1. The Labute approximate surface area is 171 Å². The molecule has 146 valence electrons. The van der Waals surface area contributed by atoms with Gasteiger partial charge in [0, 0.05) is 23.5 Å². The van der Waals surface area contributed by atoms with Gasteiger partial charge in [0.25, 0.3) is 5.91 Å². The van der Waals surface area contributed by atoms with Gasteiger partial charge < -0.3 is 10.1 Å². The Bertz CT molecular complexity index is 1160. The number of fused-ring (bicyclic) bond motifs is 1. The highest BCUT2D eigenvalue weighted by Crippen LogP contribution is 2.31. The third kappa shape index (κ3) is 4.25. The van der Waals surface area contributed by atoms with Crippen molar-refractivity contribution in [3.05, 3.63) is 72.2 Å². The minimum absolute atomic E-state index is 0.309. The second kappa shape index (κ2) is 7.97. The summed E-state index contributed by atoms with van der Waals surface area (Å²) in [6.45, 7) is 3.54. The molecule has 0 bridgehead atoms. The number of anilines is 1. The Morgan fingerprint density at radius 3 is 2.79 bits per heavy atom. The fraction of sp³-hybridized carbons (Fsp3) is 0.136. The molecule has 0 fully saturated rings. The van der Waals surface area contributed by atoms with E-state index in [9.17, 15) is 9.18 Å². The van der Waals surface area contributed by atoms with Crippen LogP contribution >= 0.6 is 11.3 Å². The highest BCUT2D eigenvalue weighted by atomic mass is 32.1. The topological polar surface area (TPSA) is 64.1 Å². The highest BCUT2D eigenvalue weighted by molar-refractivity contribution is 7.21. The SMILES string of the molecule is Cc1cc(-c2nc3cccnc3s2)ccc1NC(=O)C(C)Oc1cccc(F)c1. The number of benzene rings is 2.